The molecule has 1 aromatic heterocycles. The van der Waals surface area contributed by atoms with Gasteiger partial charge in [-0.05, 0) is 53.0 Å². The highest BCUT2D eigenvalue weighted by Crippen LogP contribution is 2.38. The zero-order chi connectivity index (χ0) is 22.8. The Morgan fingerprint density at radius 1 is 1.19 bits per heavy atom. The normalized spacial score (nSPS) is 16.1. The summed E-state index contributed by atoms with van der Waals surface area (Å²) >= 11 is 0. The van der Waals surface area contributed by atoms with Crippen LogP contribution in [0.25, 0.3) is 11.1 Å². The third-order valence-electron chi connectivity index (χ3n) is 5.45. The van der Waals surface area contributed by atoms with Crippen molar-refractivity contribution in [3.8, 4) is 11.1 Å². The summed E-state index contributed by atoms with van der Waals surface area (Å²) in [6.07, 6.45) is 4.03. The quantitative estimate of drug-likeness (QED) is 0.687. The summed E-state index contributed by atoms with van der Waals surface area (Å²) in [4.78, 5) is 18.5. The molecule has 0 bridgehead atoms. The maximum atomic E-state index is 12.0. The van der Waals surface area contributed by atoms with Crippen LogP contribution in [0.5, 0.6) is 0 Å². The lowest BCUT2D eigenvalue weighted by molar-refractivity contribution is 0.00803. The van der Waals surface area contributed by atoms with Gasteiger partial charge in [0.1, 0.15) is 5.60 Å². The molecule has 3 rings (SSSR count). The van der Waals surface area contributed by atoms with Gasteiger partial charge in [-0.3, -0.25) is 4.98 Å². The Kier molecular flexibility index (Phi) is 6.46. The lowest BCUT2D eigenvalue weighted by Gasteiger charge is -2.40. The van der Waals surface area contributed by atoms with E-state index in [0.717, 1.165) is 16.8 Å². The molecule has 1 aliphatic heterocycles. The average molecular weight is 427 g/mol. The number of ether oxygens (including phenoxy) is 1. The smallest absolute Gasteiger partial charge is 0.407 e. The SMILES string of the molecule is Cc1cc(C)cc(-c2cncc(N)c2N2CCC(O)(CNC(=O)OC(C)(C)C)CC2)c1. The molecular weight excluding hydrogens is 392 g/mol. The minimum Gasteiger partial charge on any atom is -0.444 e. The molecule has 1 fully saturated rings. The maximum Gasteiger partial charge on any atom is 0.407 e. The summed E-state index contributed by atoms with van der Waals surface area (Å²) in [6, 6.07) is 6.41. The Balaban J connectivity index is 1.73. The van der Waals surface area contributed by atoms with Gasteiger partial charge in [0.05, 0.1) is 23.2 Å². The largest absolute Gasteiger partial charge is 0.444 e. The number of aromatic nitrogens is 1. The van der Waals surface area contributed by atoms with Gasteiger partial charge in [0.15, 0.2) is 0 Å². The van der Waals surface area contributed by atoms with Crippen LogP contribution in [0.2, 0.25) is 0 Å². The molecule has 1 saturated heterocycles. The second kappa shape index (κ2) is 8.75. The zero-order valence-corrected chi connectivity index (χ0v) is 19.2. The van der Waals surface area contributed by atoms with Crippen molar-refractivity contribution < 1.29 is 14.6 Å². The van der Waals surface area contributed by atoms with Crippen LogP contribution in [-0.4, -0.2) is 47.0 Å². The summed E-state index contributed by atoms with van der Waals surface area (Å²) in [5.41, 5.74) is 10.8. The third-order valence-corrected chi connectivity index (χ3v) is 5.45. The van der Waals surface area contributed by atoms with E-state index >= 15 is 0 Å². The zero-order valence-electron chi connectivity index (χ0n) is 19.2. The van der Waals surface area contributed by atoms with E-state index in [2.05, 4.69) is 47.2 Å². The maximum absolute atomic E-state index is 12.0. The van der Waals surface area contributed by atoms with Gasteiger partial charge in [-0.25, -0.2) is 4.79 Å². The van der Waals surface area contributed by atoms with E-state index in [9.17, 15) is 9.90 Å². The monoisotopic (exact) mass is 426 g/mol. The van der Waals surface area contributed by atoms with Crippen molar-refractivity contribution >= 4 is 17.5 Å². The molecule has 0 radical (unpaired) electrons. The topological polar surface area (TPSA) is 101 Å². The summed E-state index contributed by atoms with van der Waals surface area (Å²) < 4.78 is 5.27. The van der Waals surface area contributed by atoms with Crippen molar-refractivity contribution in [3.63, 3.8) is 0 Å². The van der Waals surface area contributed by atoms with Crippen LogP contribution in [-0.2, 0) is 4.74 Å². The standard InChI is InChI=1S/C24H34N4O3/c1-16-10-17(2)12-18(11-16)19-13-26-14-20(25)21(19)28-8-6-24(30,7-9-28)15-27-22(29)31-23(3,4)5/h10-14,30H,6-9,15,25H2,1-5H3,(H,27,29). The number of hydrogen-bond acceptors (Lipinski definition) is 6. The highest BCUT2D eigenvalue weighted by molar-refractivity contribution is 5.86. The van der Waals surface area contributed by atoms with Gasteiger partial charge < -0.3 is 25.8 Å². The van der Waals surface area contributed by atoms with Crippen LogP contribution in [0.15, 0.2) is 30.6 Å². The second-order valence-electron chi connectivity index (χ2n) is 9.57. The van der Waals surface area contributed by atoms with E-state index < -0.39 is 17.3 Å². The third kappa shape index (κ3) is 5.88. The highest BCUT2D eigenvalue weighted by atomic mass is 16.6. The number of nitrogens with zero attached hydrogens (tertiary/aromatic N) is 2. The predicted molar refractivity (Wildman–Crippen MR) is 124 cm³/mol. The molecule has 0 atom stereocenters. The Hall–Kier alpha value is -2.80. The van der Waals surface area contributed by atoms with Gasteiger partial charge in [0, 0.05) is 31.4 Å². The molecule has 2 aromatic rings. The molecule has 2 heterocycles. The Labute approximate surface area is 184 Å². The number of aliphatic hydroxyl groups is 1. The lowest BCUT2D eigenvalue weighted by Crippen LogP contribution is -2.51. The second-order valence-corrected chi connectivity index (χ2v) is 9.57. The van der Waals surface area contributed by atoms with Crippen LogP contribution >= 0.6 is 0 Å². The van der Waals surface area contributed by atoms with Crippen molar-refractivity contribution in [1.82, 2.24) is 10.3 Å². The van der Waals surface area contributed by atoms with E-state index in [1.165, 1.54) is 11.1 Å². The summed E-state index contributed by atoms with van der Waals surface area (Å²) in [7, 11) is 0. The molecule has 4 N–H and O–H groups in total. The highest BCUT2D eigenvalue weighted by Gasteiger charge is 2.34. The molecule has 1 aliphatic rings. The molecule has 0 aliphatic carbocycles. The number of amides is 1. The number of carbonyl (C=O) groups excluding carboxylic acids is 1. The number of pyridine rings is 1. The number of nitrogens with two attached hydrogens (primary N) is 1. The fourth-order valence-electron chi connectivity index (χ4n) is 4.04. The lowest BCUT2D eigenvalue weighted by atomic mass is 9.90. The van der Waals surface area contributed by atoms with Crippen LogP contribution in [0, 0.1) is 13.8 Å². The Bertz CT molecular complexity index is 924. The van der Waals surface area contributed by atoms with Crippen molar-refractivity contribution in [2.45, 2.75) is 58.7 Å². The molecule has 1 aromatic carbocycles. The van der Waals surface area contributed by atoms with E-state index in [1.807, 2.05) is 27.0 Å². The van der Waals surface area contributed by atoms with Crippen molar-refractivity contribution in [2.24, 2.45) is 0 Å². The van der Waals surface area contributed by atoms with Crippen molar-refractivity contribution in [3.05, 3.63) is 41.7 Å². The average Bonchev–Trinajstić information content (AvgIpc) is 2.65. The molecule has 7 heteroatoms. The van der Waals surface area contributed by atoms with E-state index in [-0.39, 0.29) is 6.54 Å². The molecule has 7 nitrogen and oxygen atoms in total. The summed E-state index contributed by atoms with van der Waals surface area (Å²) in [5, 5.41) is 13.7. The molecule has 0 unspecified atom stereocenters. The molecule has 1 amide bonds. The van der Waals surface area contributed by atoms with Gasteiger partial charge >= 0.3 is 6.09 Å². The Morgan fingerprint density at radius 2 is 1.81 bits per heavy atom. The van der Waals surface area contributed by atoms with Crippen LogP contribution in [0.3, 0.4) is 0 Å². The number of nitrogen functional groups attached to an aromatic ring is 1. The van der Waals surface area contributed by atoms with Crippen LogP contribution in [0.4, 0.5) is 16.2 Å². The van der Waals surface area contributed by atoms with E-state index in [0.29, 0.717) is 31.6 Å². The van der Waals surface area contributed by atoms with Gasteiger partial charge in [-0.1, -0.05) is 29.3 Å². The number of rotatable bonds is 4. The molecular formula is C24H34N4O3. The predicted octanol–water partition coefficient (Wildman–Crippen LogP) is 3.80. The minimum absolute atomic E-state index is 0.158. The fraction of sp³-hybridized carbons (Fsp3) is 0.500. The molecule has 0 spiro atoms. The van der Waals surface area contributed by atoms with Gasteiger partial charge in [-0.15, -0.1) is 0 Å². The number of alkyl carbamates (subject to hydrolysis) is 1. The Morgan fingerprint density at radius 3 is 2.39 bits per heavy atom. The summed E-state index contributed by atoms with van der Waals surface area (Å²) in [6.45, 7) is 11.0. The number of nitrogens with one attached hydrogen (secondary N) is 1. The summed E-state index contributed by atoms with van der Waals surface area (Å²) in [5.74, 6) is 0. The molecule has 168 valence electrons. The first-order valence-electron chi connectivity index (χ1n) is 10.7. The van der Waals surface area contributed by atoms with Crippen molar-refractivity contribution in [1.29, 1.82) is 0 Å². The number of piperidine rings is 1. The molecule has 0 saturated carbocycles. The van der Waals surface area contributed by atoms with E-state index in [4.69, 9.17) is 10.5 Å². The first kappa shape index (κ1) is 22.9. The van der Waals surface area contributed by atoms with Crippen molar-refractivity contribution in [2.75, 3.05) is 30.3 Å². The number of carbonyl (C=O) groups is 1. The fourth-order valence-corrected chi connectivity index (χ4v) is 4.04. The van der Waals surface area contributed by atoms with Gasteiger partial charge in [0.25, 0.3) is 0 Å². The van der Waals surface area contributed by atoms with Gasteiger partial charge in [0.2, 0.25) is 0 Å². The number of benzene rings is 1. The van der Waals surface area contributed by atoms with Gasteiger partial charge in [-0.2, -0.15) is 0 Å². The number of aryl methyl sites for hydroxylation is 2. The minimum atomic E-state index is -0.977. The number of anilines is 2. The van der Waals surface area contributed by atoms with E-state index in [1.54, 1.807) is 6.20 Å². The van der Waals surface area contributed by atoms with Crippen LogP contribution in [0.1, 0.15) is 44.7 Å². The van der Waals surface area contributed by atoms with Crippen LogP contribution < -0.4 is 16.0 Å². The molecule has 31 heavy (non-hydrogen) atoms. The number of hydrogen-bond donors (Lipinski definition) is 3. The first-order chi connectivity index (χ1) is 14.5. The first-order valence-corrected chi connectivity index (χ1v) is 10.7.